The van der Waals surface area contributed by atoms with Gasteiger partial charge in [-0.2, -0.15) is 0 Å². The zero-order valence-electron chi connectivity index (χ0n) is 11.0. The molecule has 0 saturated carbocycles. The molecule has 1 fully saturated rings. The molecule has 20 heavy (non-hydrogen) atoms. The third kappa shape index (κ3) is 4.11. The van der Waals surface area contributed by atoms with Crippen molar-refractivity contribution in [3.63, 3.8) is 0 Å². The Bertz CT molecular complexity index is 476. The highest BCUT2D eigenvalue weighted by Crippen LogP contribution is 2.09. The van der Waals surface area contributed by atoms with E-state index < -0.39 is 0 Å². The fraction of sp³-hybridized carbons (Fsp3) is 0.385. The first-order valence-corrected chi connectivity index (χ1v) is 6.16. The molecule has 0 aliphatic carbocycles. The van der Waals surface area contributed by atoms with Gasteiger partial charge in [-0.25, -0.2) is 0 Å². The molecule has 0 unspecified atom stereocenters. The lowest BCUT2D eigenvalue weighted by atomic mass is 10.1. The lowest BCUT2D eigenvalue weighted by molar-refractivity contribution is -0.134. The number of hydrogen-bond donors (Lipinski definition) is 2. The second-order valence-electron chi connectivity index (χ2n) is 4.26. The highest BCUT2D eigenvalue weighted by molar-refractivity contribution is 6.00. The van der Waals surface area contributed by atoms with Crippen LogP contribution < -0.4 is 11.1 Å². The normalized spacial score (nSPS) is 14.3. The maximum absolute atomic E-state index is 11.9. The maximum atomic E-state index is 11.9. The van der Waals surface area contributed by atoms with Gasteiger partial charge in [0.25, 0.3) is 5.91 Å². The Morgan fingerprint density at radius 1 is 1.25 bits per heavy atom. The van der Waals surface area contributed by atoms with Crippen LogP contribution in [0.3, 0.4) is 0 Å². The molecule has 110 valence electrons. The van der Waals surface area contributed by atoms with Crippen LogP contribution in [0.5, 0.6) is 0 Å². The molecule has 1 aromatic rings. The number of para-hydroxylation sites is 1. The minimum atomic E-state index is -0.334. The standard InChI is InChI=1S/C13H17N3O3.ClH/c14-11-4-2-1-3-10(11)13(18)15-9-12(17)16-5-7-19-8-6-16;/h1-4H,5-9,14H2,(H,15,18);1H. The number of morpholine rings is 1. The molecular weight excluding hydrogens is 282 g/mol. The number of nitrogens with one attached hydrogen (secondary N) is 1. The molecule has 7 heteroatoms. The number of carbonyl (C=O) groups is 2. The molecule has 2 amide bonds. The Morgan fingerprint density at radius 3 is 2.55 bits per heavy atom. The van der Waals surface area contributed by atoms with E-state index in [4.69, 9.17) is 10.5 Å². The predicted octanol–water partition coefficient (Wildman–Crippen LogP) is 0.279. The quantitative estimate of drug-likeness (QED) is 0.785. The molecule has 1 aromatic carbocycles. The van der Waals surface area contributed by atoms with E-state index in [2.05, 4.69) is 5.32 Å². The van der Waals surface area contributed by atoms with Gasteiger partial charge in [0.05, 0.1) is 25.3 Å². The van der Waals surface area contributed by atoms with Crippen LogP contribution in [-0.2, 0) is 9.53 Å². The zero-order chi connectivity index (χ0) is 13.7. The van der Waals surface area contributed by atoms with E-state index in [1.165, 1.54) is 0 Å². The molecule has 2 rings (SSSR count). The molecular formula is C13H18ClN3O3. The summed E-state index contributed by atoms with van der Waals surface area (Å²) in [5.41, 5.74) is 6.49. The van der Waals surface area contributed by atoms with Crippen LogP contribution in [-0.4, -0.2) is 49.6 Å². The fourth-order valence-corrected chi connectivity index (χ4v) is 1.88. The van der Waals surface area contributed by atoms with E-state index in [-0.39, 0.29) is 30.8 Å². The Labute approximate surface area is 123 Å². The Morgan fingerprint density at radius 2 is 1.90 bits per heavy atom. The molecule has 0 aromatic heterocycles. The van der Waals surface area contributed by atoms with Crippen molar-refractivity contribution in [2.45, 2.75) is 0 Å². The van der Waals surface area contributed by atoms with Crippen LogP contribution in [0.25, 0.3) is 0 Å². The van der Waals surface area contributed by atoms with E-state index in [0.29, 0.717) is 37.6 Å². The second kappa shape index (κ2) is 7.72. The van der Waals surface area contributed by atoms with Crippen LogP contribution in [0.4, 0.5) is 5.69 Å². The van der Waals surface area contributed by atoms with Crippen LogP contribution >= 0.6 is 12.4 Å². The molecule has 0 radical (unpaired) electrons. The largest absolute Gasteiger partial charge is 0.398 e. The van der Waals surface area contributed by atoms with Gasteiger partial charge in [-0.05, 0) is 12.1 Å². The number of benzene rings is 1. The van der Waals surface area contributed by atoms with Crippen molar-refractivity contribution in [1.29, 1.82) is 0 Å². The van der Waals surface area contributed by atoms with Crippen LogP contribution in [0.1, 0.15) is 10.4 Å². The van der Waals surface area contributed by atoms with Crippen molar-refractivity contribution < 1.29 is 14.3 Å². The zero-order valence-corrected chi connectivity index (χ0v) is 11.8. The predicted molar refractivity (Wildman–Crippen MR) is 77.8 cm³/mol. The topological polar surface area (TPSA) is 84.7 Å². The number of nitrogens with two attached hydrogens (primary N) is 1. The first-order chi connectivity index (χ1) is 9.18. The van der Waals surface area contributed by atoms with Gasteiger partial charge in [-0.15, -0.1) is 12.4 Å². The van der Waals surface area contributed by atoms with E-state index in [1.807, 2.05) is 0 Å². The monoisotopic (exact) mass is 299 g/mol. The van der Waals surface area contributed by atoms with Gasteiger partial charge < -0.3 is 20.7 Å². The summed E-state index contributed by atoms with van der Waals surface area (Å²) in [5, 5.41) is 2.59. The molecule has 6 nitrogen and oxygen atoms in total. The summed E-state index contributed by atoms with van der Waals surface area (Å²) >= 11 is 0. The number of hydrogen-bond acceptors (Lipinski definition) is 4. The Hall–Kier alpha value is -1.79. The van der Waals surface area contributed by atoms with E-state index in [9.17, 15) is 9.59 Å². The van der Waals surface area contributed by atoms with Gasteiger partial charge in [0.15, 0.2) is 0 Å². The molecule has 0 bridgehead atoms. The summed E-state index contributed by atoms with van der Waals surface area (Å²) in [7, 11) is 0. The van der Waals surface area contributed by atoms with E-state index >= 15 is 0 Å². The minimum absolute atomic E-state index is 0. The van der Waals surface area contributed by atoms with Crippen LogP contribution in [0.2, 0.25) is 0 Å². The van der Waals surface area contributed by atoms with Gasteiger partial charge in [-0.1, -0.05) is 12.1 Å². The first-order valence-electron chi connectivity index (χ1n) is 6.16. The number of carbonyl (C=O) groups excluding carboxylic acids is 2. The molecule has 1 aliphatic rings. The van der Waals surface area contributed by atoms with Gasteiger partial charge >= 0.3 is 0 Å². The number of rotatable bonds is 3. The summed E-state index contributed by atoms with van der Waals surface area (Å²) in [6, 6.07) is 6.77. The SMILES string of the molecule is Cl.Nc1ccccc1C(=O)NCC(=O)N1CCOCC1. The number of nitrogen functional groups attached to an aromatic ring is 1. The summed E-state index contributed by atoms with van der Waals surface area (Å²) < 4.78 is 5.16. The molecule has 3 N–H and O–H groups in total. The molecule has 1 saturated heterocycles. The van der Waals surface area contributed by atoms with E-state index in [0.717, 1.165) is 0 Å². The lowest BCUT2D eigenvalue weighted by Gasteiger charge is -2.26. The molecule has 0 atom stereocenters. The van der Waals surface area contributed by atoms with Gasteiger partial charge in [0, 0.05) is 18.8 Å². The summed E-state index contributed by atoms with van der Waals surface area (Å²) in [4.78, 5) is 25.4. The highest BCUT2D eigenvalue weighted by atomic mass is 35.5. The highest BCUT2D eigenvalue weighted by Gasteiger charge is 2.17. The fourth-order valence-electron chi connectivity index (χ4n) is 1.88. The average Bonchev–Trinajstić information content (AvgIpc) is 2.46. The van der Waals surface area contributed by atoms with Crippen LogP contribution in [0.15, 0.2) is 24.3 Å². The van der Waals surface area contributed by atoms with Crippen molar-refractivity contribution >= 4 is 29.9 Å². The van der Waals surface area contributed by atoms with Crippen molar-refractivity contribution in [2.24, 2.45) is 0 Å². The first kappa shape index (κ1) is 16.3. The van der Waals surface area contributed by atoms with Gasteiger partial charge in [0.2, 0.25) is 5.91 Å². The summed E-state index contributed by atoms with van der Waals surface area (Å²) in [5.74, 6) is -0.439. The number of nitrogens with zero attached hydrogens (tertiary/aromatic N) is 1. The lowest BCUT2D eigenvalue weighted by Crippen LogP contribution is -2.45. The van der Waals surface area contributed by atoms with Crippen molar-refractivity contribution in [3.8, 4) is 0 Å². The summed E-state index contributed by atoms with van der Waals surface area (Å²) in [6.45, 7) is 2.22. The Balaban J connectivity index is 0.00000200. The second-order valence-corrected chi connectivity index (χ2v) is 4.26. The van der Waals surface area contributed by atoms with Crippen molar-refractivity contribution in [1.82, 2.24) is 10.2 Å². The number of amides is 2. The minimum Gasteiger partial charge on any atom is -0.398 e. The third-order valence-corrected chi connectivity index (χ3v) is 2.97. The Kier molecular flexibility index (Phi) is 6.27. The third-order valence-electron chi connectivity index (χ3n) is 2.97. The van der Waals surface area contributed by atoms with Gasteiger partial charge in [-0.3, -0.25) is 9.59 Å². The van der Waals surface area contributed by atoms with E-state index in [1.54, 1.807) is 29.2 Å². The van der Waals surface area contributed by atoms with Crippen molar-refractivity contribution in [2.75, 3.05) is 38.6 Å². The summed E-state index contributed by atoms with van der Waals surface area (Å²) in [6.07, 6.45) is 0. The van der Waals surface area contributed by atoms with Crippen LogP contribution in [0, 0.1) is 0 Å². The smallest absolute Gasteiger partial charge is 0.253 e. The van der Waals surface area contributed by atoms with Crippen molar-refractivity contribution in [3.05, 3.63) is 29.8 Å². The number of ether oxygens (including phenoxy) is 1. The maximum Gasteiger partial charge on any atom is 0.253 e. The molecule has 1 aliphatic heterocycles. The molecule has 0 spiro atoms. The average molecular weight is 300 g/mol. The number of anilines is 1. The number of halogens is 1. The van der Waals surface area contributed by atoms with Gasteiger partial charge in [0.1, 0.15) is 0 Å². The molecule has 1 heterocycles.